The maximum absolute atomic E-state index is 12.3. The van der Waals surface area contributed by atoms with Crippen LogP contribution in [0.15, 0.2) is 36.5 Å². The van der Waals surface area contributed by atoms with Crippen LogP contribution < -0.4 is 5.32 Å². The smallest absolute Gasteiger partial charge is 0.328 e. The van der Waals surface area contributed by atoms with Crippen LogP contribution in [-0.2, 0) is 9.53 Å². The Morgan fingerprint density at radius 1 is 1.32 bits per heavy atom. The van der Waals surface area contributed by atoms with E-state index in [4.69, 9.17) is 4.74 Å². The molecule has 116 valence electrons. The molecular weight excluding hydrogens is 280 g/mol. The molecule has 0 aliphatic carbocycles. The van der Waals surface area contributed by atoms with Crippen LogP contribution in [0.25, 0.3) is 10.9 Å². The van der Waals surface area contributed by atoms with Crippen molar-refractivity contribution in [1.29, 1.82) is 0 Å². The Labute approximate surface area is 129 Å². The first-order valence-electron chi connectivity index (χ1n) is 7.39. The molecule has 1 atom stereocenters. The minimum atomic E-state index is -0.621. The van der Waals surface area contributed by atoms with Crippen molar-refractivity contribution < 1.29 is 14.3 Å². The van der Waals surface area contributed by atoms with Crippen LogP contribution in [0, 0.1) is 0 Å². The summed E-state index contributed by atoms with van der Waals surface area (Å²) in [5.74, 6) is -0.736. The van der Waals surface area contributed by atoms with Crippen molar-refractivity contribution in [3.8, 4) is 0 Å². The number of pyridine rings is 1. The minimum Gasteiger partial charge on any atom is -0.467 e. The van der Waals surface area contributed by atoms with Crippen LogP contribution in [0.3, 0.4) is 0 Å². The van der Waals surface area contributed by atoms with E-state index >= 15 is 0 Å². The van der Waals surface area contributed by atoms with E-state index in [2.05, 4.69) is 10.3 Å². The first kappa shape index (κ1) is 15.9. The molecule has 0 aliphatic heterocycles. The van der Waals surface area contributed by atoms with Crippen molar-refractivity contribution in [2.45, 2.75) is 32.2 Å². The molecular formula is C17H20N2O3. The van der Waals surface area contributed by atoms with Gasteiger partial charge in [-0.25, -0.2) is 4.79 Å². The second-order valence-electron chi connectivity index (χ2n) is 5.11. The van der Waals surface area contributed by atoms with Crippen molar-refractivity contribution in [1.82, 2.24) is 10.3 Å². The predicted molar refractivity (Wildman–Crippen MR) is 84.5 cm³/mol. The van der Waals surface area contributed by atoms with Crippen LogP contribution in [0.2, 0.25) is 0 Å². The summed E-state index contributed by atoms with van der Waals surface area (Å²) >= 11 is 0. The van der Waals surface area contributed by atoms with Gasteiger partial charge in [0.25, 0.3) is 5.91 Å². The topological polar surface area (TPSA) is 68.3 Å². The van der Waals surface area contributed by atoms with Gasteiger partial charge in [-0.3, -0.25) is 9.78 Å². The highest BCUT2D eigenvalue weighted by Crippen LogP contribution is 2.13. The lowest BCUT2D eigenvalue weighted by Crippen LogP contribution is -2.41. The van der Waals surface area contributed by atoms with Crippen LogP contribution in [0.1, 0.15) is 36.5 Å². The fraction of sp³-hybridized carbons (Fsp3) is 0.353. The molecule has 2 rings (SSSR count). The molecule has 0 bridgehead atoms. The Morgan fingerprint density at radius 2 is 2.09 bits per heavy atom. The van der Waals surface area contributed by atoms with Crippen molar-refractivity contribution in [2.75, 3.05) is 7.11 Å². The third-order valence-electron chi connectivity index (χ3n) is 3.49. The average Bonchev–Trinajstić information content (AvgIpc) is 2.57. The predicted octanol–water partition coefficient (Wildman–Crippen LogP) is 2.70. The Kier molecular flexibility index (Phi) is 5.47. The maximum atomic E-state index is 12.3. The van der Waals surface area contributed by atoms with E-state index in [9.17, 15) is 9.59 Å². The summed E-state index contributed by atoms with van der Waals surface area (Å²) < 4.78 is 4.75. The number of esters is 1. The fourth-order valence-corrected chi connectivity index (χ4v) is 2.24. The minimum absolute atomic E-state index is 0.315. The van der Waals surface area contributed by atoms with E-state index in [0.29, 0.717) is 12.0 Å². The summed E-state index contributed by atoms with van der Waals surface area (Å²) in [5.41, 5.74) is 1.26. The number of carbonyl (C=O) groups excluding carboxylic acids is 2. The molecule has 1 aromatic heterocycles. The normalized spacial score (nSPS) is 11.9. The number of benzene rings is 1. The zero-order valence-corrected chi connectivity index (χ0v) is 12.8. The number of nitrogens with zero attached hydrogens (tertiary/aromatic N) is 1. The quantitative estimate of drug-likeness (QED) is 0.833. The Bertz CT molecular complexity index is 670. The van der Waals surface area contributed by atoms with Gasteiger partial charge in [-0.15, -0.1) is 0 Å². The van der Waals surface area contributed by atoms with Gasteiger partial charge in [-0.1, -0.05) is 38.0 Å². The van der Waals surface area contributed by atoms with Crippen molar-refractivity contribution in [3.05, 3.63) is 42.1 Å². The molecule has 0 saturated heterocycles. The molecule has 5 heteroatoms. The van der Waals surface area contributed by atoms with Gasteiger partial charge in [0, 0.05) is 11.6 Å². The average molecular weight is 300 g/mol. The zero-order chi connectivity index (χ0) is 15.9. The molecule has 0 spiro atoms. The molecule has 2 aromatic rings. The van der Waals surface area contributed by atoms with Gasteiger partial charge in [0.1, 0.15) is 6.04 Å². The monoisotopic (exact) mass is 300 g/mol. The lowest BCUT2D eigenvalue weighted by atomic mass is 10.1. The molecule has 0 unspecified atom stereocenters. The molecule has 5 nitrogen and oxygen atoms in total. The van der Waals surface area contributed by atoms with Crippen molar-refractivity contribution in [2.24, 2.45) is 0 Å². The van der Waals surface area contributed by atoms with Gasteiger partial charge >= 0.3 is 5.97 Å². The standard InChI is InChI=1S/C17H20N2O3/c1-3-4-8-15(17(21)22-2)19-16(20)13-10-12-7-5-6-9-14(12)18-11-13/h5-7,9-11,15H,3-4,8H2,1-2H3,(H,19,20)/t15-/m0/s1. The van der Waals surface area contributed by atoms with Crippen molar-refractivity contribution >= 4 is 22.8 Å². The summed E-state index contributed by atoms with van der Waals surface area (Å²) in [4.78, 5) is 28.3. The van der Waals surface area contributed by atoms with E-state index in [1.807, 2.05) is 31.2 Å². The number of para-hydroxylation sites is 1. The van der Waals surface area contributed by atoms with E-state index in [-0.39, 0.29) is 5.91 Å². The summed E-state index contributed by atoms with van der Waals surface area (Å²) in [6.07, 6.45) is 3.87. The number of unbranched alkanes of at least 4 members (excludes halogenated alkanes) is 1. The number of carbonyl (C=O) groups is 2. The van der Waals surface area contributed by atoms with E-state index in [1.165, 1.54) is 13.3 Å². The van der Waals surface area contributed by atoms with E-state index in [1.54, 1.807) is 6.07 Å². The number of ether oxygens (including phenoxy) is 1. The largest absolute Gasteiger partial charge is 0.467 e. The third-order valence-corrected chi connectivity index (χ3v) is 3.49. The molecule has 1 heterocycles. The van der Waals surface area contributed by atoms with Crippen LogP contribution >= 0.6 is 0 Å². The maximum Gasteiger partial charge on any atom is 0.328 e. The second kappa shape index (κ2) is 7.54. The number of aromatic nitrogens is 1. The summed E-state index contributed by atoms with van der Waals surface area (Å²) in [7, 11) is 1.32. The van der Waals surface area contributed by atoms with Crippen LogP contribution in [-0.4, -0.2) is 30.0 Å². The summed E-state index contributed by atoms with van der Waals surface area (Å²) in [6, 6.07) is 8.72. The first-order valence-corrected chi connectivity index (χ1v) is 7.39. The lowest BCUT2D eigenvalue weighted by Gasteiger charge is -2.16. The Balaban J connectivity index is 2.15. The highest BCUT2D eigenvalue weighted by atomic mass is 16.5. The molecule has 22 heavy (non-hydrogen) atoms. The van der Waals surface area contributed by atoms with Crippen LogP contribution in [0.5, 0.6) is 0 Å². The van der Waals surface area contributed by atoms with Crippen LogP contribution in [0.4, 0.5) is 0 Å². The first-order chi connectivity index (χ1) is 10.7. The number of nitrogens with one attached hydrogen (secondary N) is 1. The van der Waals surface area contributed by atoms with Gasteiger partial charge in [0.05, 0.1) is 18.2 Å². The molecule has 0 saturated carbocycles. The molecule has 0 radical (unpaired) electrons. The highest BCUT2D eigenvalue weighted by Gasteiger charge is 2.21. The summed E-state index contributed by atoms with van der Waals surface area (Å²) in [6.45, 7) is 2.03. The van der Waals surface area contributed by atoms with Gasteiger partial charge in [-0.2, -0.15) is 0 Å². The summed E-state index contributed by atoms with van der Waals surface area (Å²) in [5, 5.41) is 3.62. The number of rotatable bonds is 6. The number of hydrogen-bond donors (Lipinski definition) is 1. The van der Waals surface area contributed by atoms with Gasteiger partial charge in [-0.05, 0) is 18.6 Å². The number of hydrogen-bond acceptors (Lipinski definition) is 4. The van der Waals surface area contributed by atoms with E-state index < -0.39 is 12.0 Å². The second-order valence-corrected chi connectivity index (χ2v) is 5.11. The Hall–Kier alpha value is -2.43. The Morgan fingerprint density at radius 3 is 2.82 bits per heavy atom. The number of amides is 1. The number of methoxy groups -OCH3 is 1. The molecule has 1 aromatic carbocycles. The van der Waals surface area contributed by atoms with Gasteiger partial charge in [0.15, 0.2) is 0 Å². The van der Waals surface area contributed by atoms with Gasteiger partial charge < -0.3 is 10.1 Å². The SMILES string of the molecule is CCCC[C@H](NC(=O)c1cnc2ccccc2c1)C(=O)OC. The van der Waals surface area contributed by atoms with Gasteiger partial charge in [0.2, 0.25) is 0 Å². The van der Waals surface area contributed by atoms with Crippen molar-refractivity contribution in [3.63, 3.8) is 0 Å². The molecule has 0 fully saturated rings. The highest BCUT2D eigenvalue weighted by molar-refractivity contribution is 5.99. The molecule has 1 amide bonds. The molecule has 0 aliphatic rings. The van der Waals surface area contributed by atoms with E-state index in [0.717, 1.165) is 23.7 Å². The fourth-order valence-electron chi connectivity index (χ4n) is 2.24. The third kappa shape index (κ3) is 3.81. The number of fused-ring (bicyclic) bond motifs is 1. The lowest BCUT2D eigenvalue weighted by molar-refractivity contribution is -0.143. The molecule has 1 N–H and O–H groups in total. The zero-order valence-electron chi connectivity index (χ0n) is 12.8.